The average molecular weight is 329 g/mol. The van der Waals surface area contributed by atoms with Crippen LogP contribution < -0.4 is 0 Å². The van der Waals surface area contributed by atoms with Gasteiger partial charge in [-0.05, 0) is 75.0 Å². The van der Waals surface area contributed by atoms with Crippen molar-refractivity contribution in [3.63, 3.8) is 0 Å². The SMILES string of the molecule is C#C.CC[C@H]1CCCC2/C(=C/C=C3/CCCC(O)C3)CCC[C@@]21C. The average Bonchev–Trinajstić information content (AvgIpc) is 2.60. The van der Waals surface area contributed by atoms with Gasteiger partial charge in [-0.3, -0.25) is 0 Å². The van der Waals surface area contributed by atoms with Crippen LogP contribution in [0, 0.1) is 30.1 Å². The van der Waals surface area contributed by atoms with Gasteiger partial charge < -0.3 is 5.11 Å². The highest BCUT2D eigenvalue weighted by atomic mass is 16.3. The van der Waals surface area contributed by atoms with Gasteiger partial charge in [0.25, 0.3) is 0 Å². The Kier molecular flexibility index (Phi) is 7.17. The second kappa shape index (κ2) is 8.91. The van der Waals surface area contributed by atoms with E-state index in [4.69, 9.17) is 0 Å². The van der Waals surface area contributed by atoms with E-state index >= 15 is 0 Å². The molecule has 134 valence electrons. The Hall–Kier alpha value is -1.00. The molecule has 3 aliphatic carbocycles. The van der Waals surface area contributed by atoms with Crippen LogP contribution in [0.15, 0.2) is 23.3 Å². The fourth-order valence-corrected chi connectivity index (χ4v) is 5.66. The Bertz CT molecular complexity index is 484. The first-order valence-corrected chi connectivity index (χ1v) is 10.0. The van der Waals surface area contributed by atoms with E-state index in [1.165, 1.54) is 56.9 Å². The Morgan fingerprint density at radius 3 is 2.58 bits per heavy atom. The van der Waals surface area contributed by atoms with Crippen molar-refractivity contribution >= 4 is 0 Å². The molecule has 4 atom stereocenters. The number of terminal acetylenes is 1. The lowest BCUT2D eigenvalue weighted by molar-refractivity contribution is 0.0300. The maximum absolute atomic E-state index is 9.85. The molecule has 0 radical (unpaired) electrons. The van der Waals surface area contributed by atoms with Crippen molar-refractivity contribution in [1.29, 1.82) is 0 Å². The number of fused-ring (bicyclic) bond motifs is 1. The van der Waals surface area contributed by atoms with Gasteiger partial charge >= 0.3 is 0 Å². The zero-order valence-electron chi connectivity index (χ0n) is 15.8. The highest BCUT2D eigenvalue weighted by Crippen LogP contribution is 2.56. The maximum atomic E-state index is 9.85. The van der Waals surface area contributed by atoms with Gasteiger partial charge in [-0.2, -0.15) is 0 Å². The third kappa shape index (κ3) is 4.15. The summed E-state index contributed by atoms with van der Waals surface area (Å²) in [5.74, 6) is 1.75. The molecule has 3 fully saturated rings. The smallest absolute Gasteiger partial charge is 0.0577 e. The summed E-state index contributed by atoms with van der Waals surface area (Å²) in [6.45, 7) is 4.97. The molecule has 1 heteroatoms. The monoisotopic (exact) mass is 328 g/mol. The molecule has 0 aliphatic heterocycles. The molecule has 3 saturated carbocycles. The molecule has 0 amide bonds. The summed E-state index contributed by atoms with van der Waals surface area (Å²) >= 11 is 0. The first-order chi connectivity index (χ1) is 11.6. The standard InChI is InChI=1S/C21H34O.C2H2/c1-3-18-9-5-11-20-17(8-6-14-21(18,20)2)13-12-16-7-4-10-19(22)15-16;1-2/h12-13,18-20,22H,3-11,14-15H2,1-2H3;1-2H/b16-12-,17-13+;/t18-,19?,20?,21+;/m0./s1. The first kappa shape index (κ1) is 19.3. The number of allylic oxidation sites excluding steroid dienone is 3. The van der Waals surface area contributed by atoms with Crippen LogP contribution in [0.3, 0.4) is 0 Å². The number of rotatable bonds is 2. The number of hydrogen-bond acceptors (Lipinski definition) is 1. The Morgan fingerprint density at radius 1 is 1.08 bits per heavy atom. The Balaban J connectivity index is 0.00000100. The normalized spacial score (nSPS) is 39.8. The molecule has 1 nitrogen and oxygen atoms in total. The summed E-state index contributed by atoms with van der Waals surface area (Å²) in [5, 5.41) is 9.85. The highest BCUT2D eigenvalue weighted by molar-refractivity contribution is 5.25. The van der Waals surface area contributed by atoms with Crippen molar-refractivity contribution in [2.45, 2.75) is 90.6 Å². The van der Waals surface area contributed by atoms with Crippen LogP contribution in [0.4, 0.5) is 0 Å². The molecule has 0 bridgehead atoms. The fraction of sp³-hybridized carbons (Fsp3) is 0.739. The molecule has 0 heterocycles. The van der Waals surface area contributed by atoms with E-state index in [-0.39, 0.29) is 6.10 Å². The van der Waals surface area contributed by atoms with Gasteiger partial charge in [0, 0.05) is 0 Å². The van der Waals surface area contributed by atoms with Crippen LogP contribution >= 0.6 is 0 Å². The number of aliphatic hydroxyl groups is 1. The van der Waals surface area contributed by atoms with Crippen LogP contribution in [-0.2, 0) is 0 Å². The zero-order valence-corrected chi connectivity index (χ0v) is 15.8. The molecule has 0 aromatic rings. The van der Waals surface area contributed by atoms with Crippen molar-refractivity contribution in [2.75, 3.05) is 0 Å². The largest absolute Gasteiger partial charge is 0.393 e. The molecule has 3 aliphatic rings. The van der Waals surface area contributed by atoms with Gasteiger partial charge in [-0.1, -0.05) is 50.0 Å². The quantitative estimate of drug-likeness (QED) is 0.613. The Labute approximate surface area is 149 Å². The minimum absolute atomic E-state index is 0.0887. The van der Waals surface area contributed by atoms with Gasteiger partial charge in [0.1, 0.15) is 0 Å². The topological polar surface area (TPSA) is 20.2 Å². The molecule has 0 spiro atoms. The van der Waals surface area contributed by atoms with Gasteiger partial charge in [0.15, 0.2) is 0 Å². The molecule has 3 rings (SSSR count). The second-order valence-corrected chi connectivity index (χ2v) is 8.26. The van der Waals surface area contributed by atoms with Crippen molar-refractivity contribution in [1.82, 2.24) is 0 Å². The minimum Gasteiger partial charge on any atom is -0.393 e. The summed E-state index contributed by atoms with van der Waals surface area (Å²) in [4.78, 5) is 0. The summed E-state index contributed by atoms with van der Waals surface area (Å²) in [5.41, 5.74) is 3.75. The van der Waals surface area contributed by atoms with Crippen molar-refractivity contribution < 1.29 is 5.11 Å². The van der Waals surface area contributed by atoms with E-state index in [0.717, 1.165) is 31.1 Å². The molecule has 1 N–H and O–H groups in total. The molecule has 24 heavy (non-hydrogen) atoms. The van der Waals surface area contributed by atoms with E-state index in [1.807, 2.05) is 0 Å². The lowest BCUT2D eigenvalue weighted by Gasteiger charge is -2.51. The molecule has 0 saturated heterocycles. The minimum atomic E-state index is -0.0887. The van der Waals surface area contributed by atoms with Crippen LogP contribution in [0.1, 0.15) is 84.5 Å². The second-order valence-electron chi connectivity index (χ2n) is 8.26. The maximum Gasteiger partial charge on any atom is 0.0577 e. The first-order valence-electron chi connectivity index (χ1n) is 10.0. The van der Waals surface area contributed by atoms with Gasteiger partial charge in [-0.25, -0.2) is 0 Å². The zero-order chi connectivity index (χ0) is 17.6. The van der Waals surface area contributed by atoms with E-state index in [0.29, 0.717) is 5.41 Å². The summed E-state index contributed by atoms with van der Waals surface area (Å²) < 4.78 is 0. The predicted molar refractivity (Wildman–Crippen MR) is 104 cm³/mol. The summed E-state index contributed by atoms with van der Waals surface area (Å²) in [6, 6.07) is 0. The highest BCUT2D eigenvalue weighted by Gasteiger charge is 2.45. The van der Waals surface area contributed by atoms with Crippen LogP contribution in [-0.4, -0.2) is 11.2 Å². The van der Waals surface area contributed by atoms with E-state index < -0.39 is 0 Å². The summed E-state index contributed by atoms with van der Waals surface area (Å²) in [7, 11) is 0. The summed E-state index contributed by atoms with van der Waals surface area (Å²) in [6.07, 6.45) is 26.8. The van der Waals surface area contributed by atoms with Crippen LogP contribution in [0.5, 0.6) is 0 Å². The third-order valence-electron chi connectivity index (χ3n) is 6.96. The van der Waals surface area contributed by atoms with Crippen molar-refractivity contribution in [3.05, 3.63) is 23.3 Å². The van der Waals surface area contributed by atoms with Gasteiger partial charge in [0.05, 0.1) is 6.10 Å². The van der Waals surface area contributed by atoms with Crippen LogP contribution in [0.25, 0.3) is 0 Å². The number of aliphatic hydroxyl groups excluding tert-OH is 1. The molecule has 0 aromatic carbocycles. The van der Waals surface area contributed by atoms with Crippen LogP contribution in [0.2, 0.25) is 0 Å². The molecular formula is C23H36O. The van der Waals surface area contributed by atoms with Gasteiger partial charge in [0.2, 0.25) is 0 Å². The third-order valence-corrected chi connectivity index (χ3v) is 6.96. The van der Waals surface area contributed by atoms with Crippen molar-refractivity contribution in [2.24, 2.45) is 17.3 Å². The number of hydrogen-bond donors (Lipinski definition) is 1. The van der Waals surface area contributed by atoms with E-state index in [9.17, 15) is 5.11 Å². The molecule has 2 unspecified atom stereocenters. The Morgan fingerprint density at radius 2 is 1.88 bits per heavy atom. The van der Waals surface area contributed by atoms with E-state index in [2.05, 4.69) is 38.8 Å². The predicted octanol–water partition coefficient (Wildman–Crippen LogP) is 6.04. The van der Waals surface area contributed by atoms with E-state index in [1.54, 1.807) is 5.57 Å². The molecular weight excluding hydrogens is 292 g/mol. The molecule has 0 aromatic heterocycles. The fourth-order valence-electron chi connectivity index (χ4n) is 5.66. The van der Waals surface area contributed by atoms with Crippen molar-refractivity contribution in [3.8, 4) is 12.8 Å². The lowest BCUT2D eigenvalue weighted by atomic mass is 9.53. The lowest BCUT2D eigenvalue weighted by Crippen LogP contribution is -2.42. The van der Waals surface area contributed by atoms with Gasteiger partial charge in [-0.15, -0.1) is 12.8 Å².